The van der Waals surface area contributed by atoms with Gasteiger partial charge in [-0.05, 0) is 72.2 Å². The van der Waals surface area contributed by atoms with Crippen molar-refractivity contribution in [2.75, 3.05) is 29.2 Å². The third kappa shape index (κ3) is 9.01. The lowest BCUT2D eigenvalue weighted by atomic mass is 10.1. The molecule has 0 aliphatic heterocycles. The van der Waals surface area contributed by atoms with E-state index in [2.05, 4.69) is 69.5 Å². The Balaban J connectivity index is 1.39. The smallest absolute Gasteiger partial charge is 0.158 e. The summed E-state index contributed by atoms with van der Waals surface area (Å²) in [6.07, 6.45) is 4.68. The number of halogens is 2. The van der Waals surface area contributed by atoms with E-state index in [1.807, 2.05) is 13.0 Å². The predicted octanol–water partition coefficient (Wildman–Crippen LogP) is 7.49. The molecule has 9 heteroatoms. The highest BCUT2D eigenvalue weighted by Crippen LogP contribution is 2.31. The molecule has 0 saturated carbocycles. The van der Waals surface area contributed by atoms with Crippen LogP contribution in [0.1, 0.15) is 34.7 Å². The van der Waals surface area contributed by atoms with Crippen LogP contribution < -0.4 is 20.7 Å². The molecule has 0 aliphatic rings. The molecule has 6 nitrogen and oxygen atoms in total. The number of hydrogen-bond donors (Lipinski definition) is 3. The Hall–Kier alpha value is -3.46. The van der Waals surface area contributed by atoms with Crippen molar-refractivity contribution in [2.45, 2.75) is 40.0 Å². The summed E-state index contributed by atoms with van der Waals surface area (Å²) in [6.45, 7) is 6.72. The molecular weight excluding hydrogens is 557 g/mol. The first-order chi connectivity index (χ1) is 19.8. The van der Waals surface area contributed by atoms with Crippen LogP contribution in [0.2, 0.25) is 5.02 Å². The topological polar surface area (TPSA) is 71.1 Å². The molecule has 4 aromatic rings. The van der Waals surface area contributed by atoms with Gasteiger partial charge in [0.1, 0.15) is 18.2 Å². The Labute approximate surface area is 249 Å². The van der Waals surface area contributed by atoms with Crippen molar-refractivity contribution in [3.63, 3.8) is 0 Å². The van der Waals surface area contributed by atoms with Crippen LogP contribution >= 0.6 is 22.1 Å². The van der Waals surface area contributed by atoms with Crippen LogP contribution in [0.15, 0.2) is 66.9 Å². The fraction of sp³-hybridized carbons (Fsp3) is 0.281. The van der Waals surface area contributed by atoms with Crippen LogP contribution in [-0.2, 0) is 26.1 Å². The first-order valence-corrected chi connectivity index (χ1v) is 15.9. The number of rotatable bonds is 14. The van der Waals surface area contributed by atoms with E-state index in [0.717, 1.165) is 53.3 Å². The van der Waals surface area contributed by atoms with Gasteiger partial charge in [-0.15, -0.1) is 5.10 Å². The van der Waals surface area contributed by atoms with Crippen LogP contribution in [0.4, 0.5) is 21.6 Å². The zero-order valence-corrected chi connectivity index (χ0v) is 25.3. The van der Waals surface area contributed by atoms with E-state index >= 15 is 0 Å². The van der Waals surface area contributed by atoms with Crippen molar-refractivity contribution in [3.05, 3.63) is 106 Å². The average molecular weight is 594 g/mol. The van der Waals surface area contributed by atoms with Crippen LogP contribution in [0.3, 0.4) is 0 Å². The van der Waals surface area contributed by atoms with E-state index in [9.17, 15) is 4.39 Å². The predicted molar refractivity (Wildman–Crippen MR) is 173 cm³/mol. The standard InChI is InChI=1S/C32H37ClFN5OS/c1-5-28-30(36-19-24-8-6-7-23(15-24)18-35-13-14-41(3)4)20-37-39-32(28)38-27-11-12-31(29(33)17-27)40-21-25-16-26(34)10-9-22(25)2/h6-12,15-17,20,35H,3,5,13-14,18-19,21H2,1-2,4H3,(H2,36,38,39). The number of benzene rings is 3. The zero-order valence-electron chi connectivity index (χ0n) is 23.8. The highest BCUT2D eigenvalue weighted by molar-refractivity contribution is 8.13. The molecule has 1 heterocycles. The fourth-order valence-electron chi connectivity index (χ4n) is 4.33. The molecule has 0 bridgehead atoms. The molecule has 0 amide bonds. The lowest BCUT2D eigenvalue weighted by Gasteiger charge is -2.16. The summed E-state index contributed by atoms with van der Waals surface area (Å²) >= 11 is 6.53. The van der Waals surface area contributed by atoms with Gasteiger partial charge in [0.2, 0.25) is 0 Å². The van der Waals surface area contributed by atoms with Crippen molar-refractivity contribution < 1.29 is 9.13 Å². The van der Waals surface area contributed by atoms with Gasteiger partial charge in [0.25, 0.3) is 0 Å². The van der Waals surface area contributed by atoms with E-state index in [0.29, 0.717) is 23.1 Å². The summed E-state index contributed by atoms with van der Waals surface area (Å²) < 4.78 is 19.5. The molecule has 1 aromatic heterocycles. The second-order valence-corrected chi connectivity index (χ2v) is 12.3. The molecule has 0 spiro atoms. The summed E-state index contributed by atoms with van der Waals surface area (Å²) in [5.41, 5.74) is 6.90. The molecule has 0 radical (unpaired) electrons. The SMILES string of the molecule is C=S(C)CCNCc1cccc(CNc2cnnc(Nc3ccc(OCc4cc(F)ccc4C)c(Cl)c3)c2CC)c1. The van der Waals surface area contributed by atoms with Gasteiger partial charge >= 0.3 is 0 Å². The molecule has 0 saturated heterocycles. The van der Waals surface area contributed by atoms with Crippen molar-refractivity contribution in [1.29, 1.82) is 0 Å². The molecule has 1 unspecified atom stereocenters. The number of aromatic nitrogens is 2. The highest BCUT2D eigenvalue weighted by Gasteiger charge is 2.12. The molecule has 4 rings (SSSR count). The zero-order chi connectivity index (χ0) is 29.2. The third-order valence-electron chi connectivity index (χ3n) is 6.63. The number of nitrogens with zero attached hydrogens (tertiary/aromatic N) is 2. The van der Waals surface area contributed by atoms with Gasteiger partial charge in [0.05, 0.1) is 16.9 Å². The Kier molecular flexibility index (Phi) is 11.1. The molecule has 41 heavy (non-hydrogen) atoms. The summed E-state index contributed by atoms with van der Waals surface area (Å²) in [4.78, 5) is 0. The summed E-state index contributed by atoms with van der Waals surface area (Å²) in [5, 5.41) is 19.4. The Morgan fingerprint density at radius 2 is 1.85 bits per heavy atom. The molecule has 216 valence electrons. The van der Waals surface area contributed by atoms with Crippen LogP contribution in [-0.4, -0.2) is 34.6 Å². The van der Waals surface area contributed by atoms with E-state index in [1.165, 1.54) is 23.3 Å². The minimum absolute atomic E-state index is 0.207. The normalized spacial score (nSPS) is 11.7. The maximum absolute atomic E-state index is 13.6. The van der Waals surface area contributed by atoms with Gasteiger partial charge in [-0.3, -0.25) is 0 Å². The van der Waals surface area contributed by atoms with Gasteiger partial charge in [-0.25, -0.2) is 4.39 Å². The van der Waals surface area contributed by atoms with Crippen molar-refractivity contribution in [2.24, 2.45) is 0 Å². The lowest BCUT2D eigenvalue weighted by Crippen LogP contribution is -2.17. The minimum Gasteiger partial charge on any atom is -0.487 e. The van der Waals surface area contributed by atoms with Gasteiger partial charge in [0.15, 0.2) is 5.82 Å². The van der Waals surface area contributed by atoms with E-state index in [4.69, 9.17) is 16.3 Å². The molecule has 0 fully saturated rings. The van der Waals surface area contributed by atoms with E-state index < -0.39 is 0 Å². The number of aryl methyl sites for hydroxylation is 1. The van der Waals surface area contributed by atoms with Crippen LogP contribution in [0.25, 0.3) is 0 Å². The monoisotopic (exact) mass is 593 g/mol. The number of nitrogens with one attached hydrogen (secondary N) is 3. The van der Waals surface area contributed by atoms with Crippen LogP contribution in [0.5, 0.6) is 5.75 Å². The summed E-state index contributed by atoms with van der Waals surface area (Å²) in [6, 6.07) is 18.7. The van der Waals surface area contributed by atoms with Crippen molar-refractivity contribution >= 4 is 45.1 Å². The first kappa shape index (κ1) is 30.5. The number of ether oxygens (including phenoxy) is 1. The second-order valence-electron chi connectivity index (χ2n) is 9.90. The maximum atomic E-state index is 13.6. The fourth-order valence-corrected chi connectivity index (χ4v) is 5.06. The van der Waals surface area contributed by atoms with Gasteiger partial charge in [-0.2, -0.15) is 15.6 Å². The van der Waals surface area contributed by atoms with E-state index in [-0.39, 0.29) is 22.9 Å². The third-order valence-corrected chi connectivity index (χ3v) is 7.83. The maximum Gasteiger partial charge on any atom is 0.158 e. The molecule has 1 atom stereocenters. The Bertz CT molecular complexity index is 1500. The van der Waals surface area contributed by atoms with Crippen molar-refractivity contribution in [3.8, 4) is 5.75 Å². The largest absolute Gasteiger partial charge is 0.487 e. The van der Waals surface area contributed by atoms with Crippen LogP contribution in [0, 0.1) is 12.7 Å². The summed E-state index contributed by atoms with van der Waals surface area (Å²) in [5.74, 6) is 6.05. The Morgan fingerprint density at radius 1 is 1.05 bits per heavy atom. The van der Waals surface area contributed by atoms with Gasteiger partial charge in [0, 0.05) is 36.6 Å². The number of hydrogen-bond acceptors (Lipinski definition) is 6. The minimum atomic E-state index is -0.291. The summed E-state index contributed by atoms with van der Waals surface area (Å²) in [7, 11) is 0.207. The molecule has 0 aliphatic carbocycles. The molecule has 3 N–H and O–H groups in total. The van der Waals surface area contributed by atoms with Crippen molar-refractivity contribution in [1.82, 2.24) is 15.5 Å². The van der Waals surface area contributed by atoms with E-state index in [1.54, 1.807) is 24.4 Å². The highest BCUT2D eigenvalue weighted by atomic mass is 35.5. The quantitative estimate of drug-likeness (QED) is 0.104. The molecule has 3 aromatic carbocycles. The van der Waals surface area contributed by atoms with Gasteiger partial charge < -0.3 is 20.7 Å². The first-order valence-electron chi connectivity index (χ1n) is 13.6. The lowest BCUT2D eigenvalue weighted by molar-refractivity contribution is 0.305. The average Bonchev–Trinajstić information content (AvgIpc) is 2.95. The Morgan fingerprint density at radius 3 is 2.61 bits per heavy atom. The molecular formula is C32H37ClFN5OS. The van der Waals surface area contributed by atoms with Gasteiger partial charge in [-0.1, -0.05) is 54.7 Å². The second kappa shape index (κ2) is 15.0. The number of anilines is 3.